The third-order valence-electron chi connectivity index (χ3n) is 5.34. The van der Waals surface area contributed by atoms with Crippen LogP contribution in [0.5, 0.6) is 0 Å². The number of nitrogens with one attached hydrogen (secondary N) is 1. The Morgan fingerprint density at radius 3 is 2.47 bits per heavy atom. The maximum Gasteiger partial charge on any atom is 0.294 e. The number of para-hydroxylation sites is 2. The smallest absolute Gasteiger partial charge is 0.294 e. The zero-order chi connectivity index (χ0) is 24.2. The molecule has 0 radical (unpaired) electrons. The number of amides is 2. The number of anilines is 2. The number of hydrogen-bond acceptors (Lipinski definition) is 4. The summed E-state index contributed by atoms with van der Waals surface area (Å²) in [6, 6.07) is 20.0. The van der Waals surface area contributed by atoms with Crippen molar-refractivity contribution in [1.29, 1.82) is 0 Å². The molecule has 7 nitrogen and oxygen atoms in total. The van der Waals surface area contributed by atoms with Crippen LogP contribution in [0.1, 0.15) is 18.1 Å². The van der Waals surface area contributed by atoms with Gasteiger partial charge in [0.25, 0.3) is 5.56 Å². The molecular formula is C26H23FN4O3. The van der Waals surface area contributed by atoms with E-state index >= 15 is 0 Å². The first-order valence-corrected chi connectivity index (χ1v) is 10.7. The van der Waals surface area contributed by atoms with Crippen LogP contribution < -0.4 is 15.8 Å². The number of aromatic nitrogens is 2. The number of hydrogen-bond donors (Lipinski definition) is 1. The highest BCUT2D eigenvalue weighted by Crippen LogP contribution is 2.18. The van der Waals surface area contributed by atoms with E-state index in [1.54, 1.807) is 30.3 Å². The topological polar surface area (TPSA) is 84.3 Å². The van der Waals surface area contributed by atoms with Gasteiger partial charge in [-0.15, -0.1) is 0 Å². The van der Waals surface area contributed by atoms with Crippen LogP contribution in [-0.2, 0) is 22.7 Å². The fourth-order valence-corrected chi connectivity index (χ4v) is 3.63. The van der Waals surface area contributed by atoms with Gasteiger partial charge in [-0.05, 0) is 42.8 Å². The van der Waals surface area contributed by atoms with E-state index in [1.165, 1.54) is 34.6 Å². The summed E-state index contributed by atoms with van der Waals surface area (Å²) < 4.78 is 14.8. The number of benzene rings is 3. The standard InChI is InChI=1S/C26H23FN4O3/c1-17-10-12-19(13-11-17)15-30(18(2)32)25-26(34)31(23-9-4-3-8-22(23)29-25)16-24(33)28-21-7-5-6-20(27)14-21/h3-14H,15-16H2,1-2H3,(H,28,33). The summed E-state index contributed by atoms with van der Waals surface area (Å²) in [6.45, 7) is 3.16. The Balaban J connectivity index is 1.74. The average Bonchev–Trinajstić information content (AvgIpc) is 2.80. The van der Waals surface area contributed by atoms with Gasteiger partial charge < -0.3 is 5.32 Å². The molecular weight excluding hydrogens is 435 g/mol. The van der Waals surface area contributed by atoms with Crippen molar-refractivity contribution in [3.8, 4) is 0 Å². The lowest BCUT2D eigenvalue weighted by molar-refractivity contribution is -0.117. The van der Waals surface area contributed by atoms with Crippen molar-refractivity contribution < 1.29 is 14.0 Å². The first-order valence-electron chi connectivity index (χ1n) is 10.7. The van der Waals surface area contributed by atoms with E-state index in [4.69, 9.17) is 0 Å². The van der Waals surface area contributed by atoms with E-state index in [-0.39, 0.29) is 30.5 Å². The fourth-order valence-electron chi connectivity index (χ4n) is 3.63. The highest BCUT2D eigenvalue weighted by Gasteiger charge is 2.22. The number of halogens is 1. The molecule has 1 N–H and O–H groups in total. The lowest BCUT2D eigenvalue weighted by Gasteiger charge is -2.21. The fraction of sp³-hybridized carbons (Fsp3) is 0.154. The molecule has 0 bridgehead atoms. The molecule has 0 fully saturated rings. The number of carbonyl (C=O) groups excluding carboxylic acids is 2. The Bertz CT molecular complexity index is 1430. The van der Waals surface area contributed by atoms with Gasteiger partial charge >= 0.3 is 0 Å². The predicted octanol–water partition coefficient (Wildman–Crippen LogP) is 4.04. The van der Waals surface area contributed by atoms with Crippen molar-refractivity contribution in [2.45, 2.75) is 26.9 Å². The van der Waals surface area contributed by atoms with Gasteiger partial charge in [0, 0.05) is 12.6 Å². The SMILES string of the molecule is CC(=O)N(Cc1ccc(C)cc1)c1nc2ccccc2n(CC(=O)Nc2cccc(F)c2)c1=O. The Morgan fingerprint density at radius 1 is 1.03 bits per heavy atom. The van der Waals surface area contributed by atoms with Crippen molar-refractivity contribution in [3.63, 3.8) is 0 Å². The van der Waals surface area contributed by atoms with E-state index in [1.807, 2.05) is 31.2 Å². The van der Waals surface area contributed by atoms with Gasteiger partial charge in [0.1, 0.15) is 12.4 Å². The largest absolute Gasteiger partial charge is 0.324 e. The van der Waals surface area contributed by atoms with Crippen LogP contribution in [0.3, 0.4) is 0 Å². The molecule has 0 aliphatic rings. The number of fused-ring (bicyclic) bond motifs is 1. The van der Waals surface area contributed by atoms with Crippen LogP contribution in [-0.4, -0.2) is 21.4 Å². The number of carbonyl (C=O) groups is 2. The molecule has 2 amide bonds. The quantitative estimate of drug-likeness (QED) is 0.473. The predicted molar refractivity (Wildman–Crippen MR) is 129 cm³/mol. The van der Waals surface area contributed by atoms with E-state index < -0.39 is 17.3 Å². The minimum Gasteiger partial charge on any atom is -0.324 e. The molecule has 0 saturated heterocycles. The number of rotatable bonds is 6. The molecule has 34 heavy (non-hydrogen) atoms. The van der Waals surface area contributed by atoms with Crippen LogP contribution in [0, 0.1) is 12.7 Å². The number of nitrogens with zero attached hydrogens (tertiary/aromatic N) is 3. The lowest BCUT2D eigenvalue weighted by atomic mass is 10.1. The summed E-state index contributed by atoms with van der Waals surface area (Å²) in [4.78, 5) is 44.5. The molecule has 8 heteroatoms. The summed E-state index contributed by atoms with van der Waals surface area (Å²) in [5.74, 6) is -1.41. The van der Waals surface area contributed by atoms with Gasteiger partial charge in [-0.25, -0.2) is 9.37 Å². The monoisotopic (exact) mass is 458 g/mol. The van der Waals surface area contributed by atoms with Gasteiger partial charge in [-0.2, -0.15) is 0 Å². The van der Waals surface area contributed by atoms with E-state index in [2.05, 4.69) is 10.3 Å². The van der Waals surface area contributed by atoms with Gasteiger partial charge in [0.05, 0.1) is 17.6 Å². The second-order valence-corrected chi connectivity index (χ2v) is 7.96. The molecule has 0 atom stereocenters. The van der Waals surface area contributed by atoms with Crippen molar-refractivity contribution >= 4 is 34.4 Å². The second-order valence-electron chi connectivity index (χ2n) is 7.96. The maximum absolute atomic E-state index is 13.5. The summed E-state index contributed by atoms with van der Waals surface area (Å²) in [5.41, 5.74) is 2.53. The summed E-state index contributed by atoms with van der Waals surface area (Å²) in [7, 11) is 0. The van der Waals surface area contributed by atoms with E-state index in [0.717, 1.165) is 11.1 Å². The first-order chi connectivity index (χ1) is 16.3. The summed E-state index contributed by atoms with van der Waals surface area (Å²) >= 11 is 0. The van der Waals surface area contributed by atoms with Crippen LogP contribution >= 0.6 is 0 Å². The Hall–Kier alpha value is -4.33. The summed E-state index contributed by atoms with van der Waals surface area (Å²) in [6.07, 6.45) is 0. The molecule has 0 aliphatic carbocycles. The van der Waals surface area contributed by atoms with Gasteiger partial charge in [0.2, 0.25) is 17.6 Å². The maximum atomic E-state index is 13.5. The molecule has 1 heterocycles. The van der Waals surface area contributed by atoms with Crippen LogP contribution in [0.25, 0.3) is 11.0 Å². The van der Waals surface area contributed by atoms with Crippen LogP contribution in [0.4, 0.5) is 15.9 Å². The Kier molecular flexibility index (Phi) is 6.49. The zero-order valence-electron chi connectivity index (χ0n) is 18.8. The van der Waals surface area contributed by atoms with Crippen molar-refractivity contribution in [2.75, 3.05) is 10.2 Å². The Labute approximate surface area is 195 Å². The molecule has 172 valence electrons. The molecule has 0 saturated carbocycles. The first kappa shape index (κ1) is 22.8. The molecule has 3 aromatic carbocycles. The minimum absolute atomic E-state index is 0.0645. The van der Waals surface area contributed by atoms with Gasteiger partial charge in [0.15, 0.2) is 0 Å². The zero-order valence-corrected chi connectivity index (χ0v) is 18.8. The van der Waals surface area contributed by atoms with Gasteiger partial charge in [-0.1, -0.05) is 48.0 Å². The third kappa shape index (κ3) is 5.01. The van der Waals surface area contributed by atoms with Crippen molar-refractivity contribution in [3.05, 3.63) is 100 Å². The molecule has 0 unspecified atom stereocenters. The van der Waals surface area contributed by atoms with Crippen molar-refractivity contribution in [2.24, 2.45) is 0 Å². The third-order valence-corrected chi connectivity index (χ3v) is 5.34. The van der Waals surface area contributed by atoms with Crippen LogP contribution in [0.15, 0.2) is 77.6 Å². The highest BCUT2D eigenvalue weighted by molar-refractivity contribution is 5.93. The normalized spacial score (nSPS) is 10.8. The molecule has 1 aromatic heterocycles. The van der Waals surface area contributed by atoms with Crippen LogP contribution in [0.2, 0.25) is 0 Å². The van der Waals surface area contributed by atoms with Gasteiger partial charge in [-0.3, -0.25) is 23.9 Å². The van der Waals surface area contributed by atoms with Crippen molar-refractivity contribution in [1.82, 2.24) is 9.55 Å². The average molecular weight is 458 g/mol. The number of aryl methyl sites for hydroxylation is 1. The Morgan fingerprint density at radius 2 is 1.76 bits per heavy atom. The second kappa shape index (κ2) is 9.66. The van der Waals surface area contributed by atoms with E-state index in [9.17, 15) is 18.8 Å². The molecule has 4 rings (SSSR count). The molecule has 0 spiro atoms. The molecule has 4 aromatic rings. The molecule has 0 aliphatic heterocycles. The summed E-state index contributed by atoms with van der Waals surface area (Å²) in [5, 5.41) is 2.60. The lowest BCUT2D eigenvalue weighted by Crippen LogP contribution is -2.38. The highest BCUT2D eigenvalue weighted by atomic mass is 19.1. The van der Waals surface area contributed by atoms with E-state index in [0.29, 0.717) is 11.0 Å². The minimum atomic E-state index is -0.574.